The van der Waals surface area contributed by atoms with E-state index in [0.717, 1.165) is 22.3 Å². The molecule has 2 N–H and O–H groups in total. The van der Waals surface area contributed by atoms with E-state index in [2.05, 4.69) is 4.98 Å². The summed E-state index contributed by atoms with van der Waals surface area (Å²) in [6.07, 6.45) is 0. The van der Waals surface area contributed by atoms with Crippen LogP contribution in [0.2, 0.25) is 0 Å². The van der Waals surface area contributed by atoms with Crippen molar-refractivity contribution in [1.82, 2.24) is 9.55 Å². The van der Waals surface area contributed by atoms with E-state index in [9.17, 15) is 4.39 Å². The summed E-state index contributed by atoms with van der Waals surface area (Å²) in [6.45, 7) is 0.479. The van der Waals surface area contributed by atoms with Gasteiger partial charge < -0.3 is 15.0 Å². The van der Waals surface area contributed by atoms with Crippen LogP contribution in [0.4, 0.5) is 10.3 Å². The smallest absolute Gasteiger partial charge is 0.201 e. The lowest BCUT2D eigenvalue weighted by atomic mass is 10.2. The highest BCUT2D eigenvalue weighted by Crippen LogP contribution is 2.23. The van der Waals surface area contributed by atoms with Crippen molar-refractivity contribution in [3.05, 3.63) is 53.8 Å². The molecular formula is C15H14FN3O. The number of nitrogens with zero attached hydrogens (tertiary/aromatic N) is 2. The molecule has 0 fully saturated rings. The fraction of sp³-hybridized carbons (Fsp3) is 0.133. The summed E-state index contributed by atoms with van der Waals surface area (Å²) in [6, 6.07) is 12.0. The van der Waals surface area contributed by atoms with Crippen LogP contribution in [0.3, 0.4) is 0 Å². The molecule has 0 saturated heterocycles. The maximum atomic E-state index is 13.2. The van der Waals surface area contributed by atoms with Crippen LogP contribution in [0.5, 0.6) is 5.75 Å². The molecule has 0 unspecified atom stereocenters. The van der Waals surface area contributed by atoms with Gasteiger partial charge in [0.2, 0.25) is 5.95 Å². The van der Waals surface area contributed by atoms with E-state index in [1.165, 1.54) is 12.1 Å². The Kier molecular flexibility index (Phi) is 3.02. The number of hydrogen-bond donors (Lipinski definition) is 1. The second kappa shape index (κ2) is 4.85. The Hall–Kier alpha value is -2.56. The van der Waals surface area contributed by atoms with Gasteiger partial charge >= 0.3 is 0 Å². The lowest BCUT2D eigenvalue weighted by molar-refractivity contribution is 0.415. The van der Waals surface area contributed by atoms with Gasteiger partial charge in [-0.15, -0.1) is 0 Å². The van der Waals surface area contributed by atoms with Gasteiger partial charge in [0.1, 0.15) is 11.6 Å². The number of methoxy groups -OCH3 is 1. The number of nitrogen functional groups attached to an aromatic ring is 1. The minimum absolute atomic E-state index is 0.257. The predicted octanol–water partition coefficient (Wildman–Crippen LogP) is 2.81. The molecule has 0 amide bonds. The standard InChI is InChI=1S/C15H14FN3O/c1-20-12-5-6-14-13(8-12)18-15(17)19(14)9-10-3-2-4-11(16)7-10/h2-8H,9H2,1H3,(H2,17,18). The van der Waals surface area contributed by atoms with Gasteiger partial charge in [-0.1, -0.05) is 12.1 Å². The van der Waals surface area contributed by atoms with Gasteiger partial charge in [-0.25, -0.2) is 9.37 Å². The first-order valence-electron chi connectivity index (χ1n) is 6.21. The van der Waals surface area contributed by atoms with Gasteiger partial charge in [0.05, 0.1) is 24.7 Å². The minimum atomic E-state index is -0.257. The fourth-order valence-corrected chi connectivity index (χ4v) is 2.24. The normalized spacial score (nSPS) is 10.9. The lowest BCUT2D eigenvalue weighted by Crippen LogP contribution is -2.04. The summed E-state index contributed by atoms with van der Waals surface area (Å²) in [5.41, 5.74) is 8.45. The summed E-state index contributed by atoms with van der Waals surface area (Å²) in [4.78, 5) is 4.31. The zero-order valence-electron chi connectivity index (χ0n) is 11.0. The topological polar surface area (TPSA) is 53.1 Å². The molecule has 2 aromatic carbocycles. The number of ether oxygens (including phenoxy) is 1. The number of fused-ring (bicyclic) bond motifs is 1. The molecular weight excluding hydrogens is 257 g/mol. The zero-order chi connectivity index (χ0) is 14.1. The van der Waals surface area contributed by atoms with Crippen LogP contribution in [0.25, 0.3) is 11.0 Å². The Labute approximate surface area is 115 Å². The van der Waals surface area contributed by atoms with Gasteiger partial charge in [-0.05, 0) is 29.8 Å². The van der Waals surface area contributed by atoms with Crippen molar-refractivity contribution >= 4 is 17.0 Å². The summed E-state index contributed by atoms with van der Waals surface area (Å²) in [5.74, 6) is 0.873. The zero-order valence-corrected chi connectivity index (χ0v) is 11.0. The van der Waals surface area contributed by atoms with Crippen LogP contribution in [0.1, 0.15) is 5.56 Å². The van der Waals surface area contributed by atoms with Crippen LogP contribution >= 0.6 is 0 Å². The van der Waals surface area contributed by atoms with Crippen LogP contribution in [-0.2, 0) is 6.54 Å². The lowest BCUT2D eigenvalue weighted by Gasteiger charge is -2.07. The van der Waals surface area contributed by atoms with Gasteiger partial charge in [0.15, 0.2) is 0 Å². The SMILES string of the molecule is COc1ccc2c(c1)nc(N)n2Cc1cccc(F)c1. The van der Waals surface area contributed by atoms with E-state index in [1.807, 2.05) is 28.8 Å². The average Bonchev–Trinajstić information content (AvgIpc) is 2.74. The molecule has 0 saturated carbocycles. The van der Waals surface area contributed by atoms with E-state index in [0.29, 0.717) is 12.5 Å². The molecule has 1 heterocycles. The largest absolute Gasteiger partial charge is 0.497 e. The Morgan fingerprint density at radius 2 is 2.10 bits per heavy atom. The van der Waals surface area contributed by atoms with Crippen molar-refractivity contribution in [2.75, 3.05) is 12.8 Å². The number of hydrogen-bond acceptors (Lipinski definition) is 3. The van der Waals surface area contributed by atoms with Crippen LogP contribution < -0.4 is 10.5 Å². The highest BCUT2D eigenvalue weighted by atomic mass is 19.1. The first-order chi connectivity index (χ1) is 9.67. The number of halogens is 1. The minimum Gasteiger partial charge on any atom is -0.497 e. The van der Waals surface area contributed by atoms with E-state index >= 15 is 0 Å². The van der Waals surface area contributed by atoms with Crippen molar-refractivity contribution < 1.29 is 9.13 Å². The number of anilines is 1. The molecule has 5 heteroatoms. The monoisotopic (exact) mass is 271 g/mol. The molecule has 3 rings (SSSR count). The van der Waals surface area contributed by atoms with E-state index in [-0.39, 0.29) is 5.82 Å². The van der Waals surface area contributed by atoms with Gasteiger partial charge in [-0.3, -0.25) is 0 Å². The molecule has 0 radical (unpaired) electrons. The summed E-state index contributed by atoms with van der Waals surface area (Å²) in [7, 11) is 1.61. The van der Waals surface area contributed by atoms with Crippen molar-refractivity contribution in [3.8, 4) is 5.75 Å². The number of rotatable bonds is 3. The molecule has 0 atom stereocenters. The number of nitrogens with two attached hydrogens (primary N) is 1. The van der Waals surface area contributed by atoms with Crippen molar-refractivity contribution in [1.29, 1.82) is 0 Å². The summed E-state index contributed by atoms with van der Waals surface area (Å²) in [5, 5.41) is 0. The predicted molar refractivity (Wildman–Crippen MR) is 76.2 cm³/mol. The molecule has 102 valence electrons. The molecule has 0 bridgehead atoms. The van der Waals surface area contributed by atoms with Crippen LogP contribution in [0.15, 0.2) is 42.5 Å². The molecule has 1 aromatic heterocycles. The average molecular weight is 271 g/mol. The second-order valence-corrected chi connectivity index (χ2v) is 4.54. The Bertz CT molecular complexity index is 767. The molecule has 3 aromatic rings. The first-order valence-corrected chi connectivity index (χ1v) is 6.21. The first kappa shape index (κ1) is 12.5. The Morgan fingerprint density at radius 3 is 2.85 bits per heavy atom. The number of benzene rings is 2. The van der Waals surface area contributed by atoms with E-state index in [4.69, 9.17) is 10.5 Å². The highest BCUT2D eigenvalue weighted by molar-refractivity contribution is 5.80. The molecule has 0 spiro atoms. The summed E-state index contributed by atoms with van der Waals surface area (Å²) >= 11 is 0. The van der Waals surface area contributed by atoms with Crippen LogP contribution in [-0.4, -0.2) is 16.7 Å². The molecule has 0 aliphatic heterocycles. The van der Waals surface area contributed by atoms with Gasteiger partial charge in [0.25, 0.3) is 0 Å². The van der Waals surface area contributed by atoms with Gasteiger partial charge in [-0.2, -0.15) is 0 Å². The Balaban J connectivity index is 2.05. The highest BCUT2D eigenvalue weighted by Gasteiger charge is 2.09. The molecule has 20 heavy (non-hydrogen) atoms. The third-order valence-corrected chi connectivity index (χ3v) is 3.21. The second-order valence-electron chi connectivity index (χ2n) is 4.54. The molecule has 0 aliphatic rings. The van der Waals surface area contributed by atoms with Crippen molar-refractivity contribution in [2.45, 2.75) is 6.54 Å². The fourth-order valence-electron chi connectivity index (χ4n) is 2.24. The van der Waals surface area contributed by atoms with Gasteiger partial charge in [0, 0.05) is 6.07 Å². The summed E-state index contributed by atoms with van der Waals surface area (Å²) < 4.78 is 20.3. The molecule has 0 aliphatic carbocycles. The Morgan fingerprint density at radius 1 is 1.25 bits per heavy atom. The number of imidazole rings is 1. The van der Waals surface area contributed by atoms with E-state index < -0.39 is 0 Å². The number of aromatic nitrogens is 2. The quantitative estimate of drug-likeness (QED) is 0.797. The third kappa shape index (κ3) is 2.18. The van der Waals surface area contributed by atoms with Crippen LogP contribution in [0, 0.1) is 5.82 Å². The van der Waals surface area contributed by atoms with Crippen molar-refractivity contribution in [2.24, 2.45) is 0 Å². The maximum Gasteiger partial charge on any atom is 0.201 e. The maximum absolute atomic E-state index is 13.2. The molecule has 4 nitrogen and oxygen atoms in total. The third-order valence-electron chi connectivity index (χ3n) is 3.21. The van der Waals surface area contributed by atoms with E-state index in [1.54, 1.807) is 13.2 Å². The van der Waals surface area contributed by atoms with Crippen molar-refractivity contribution in [3.63, 3.8) is 0 Å².